The van der Waals surface area contributed by atoms with Crippen molar-refractivity contribution in [1.82, 2.24) is 0 Å². The molecule has 0 spiro atoms. The Morgan fingerprint density at radius 2 is 1.65 bits per heavy atom. The number of halogens is 3. The number of nitrogens with zero attached hydrogens (tertiary/aromatic N) is 1. The summed E-state index contributed by atoms with van der Waals surface area (Å²) in [6.07, 6.45) is 2.01. The SMILES string of the molecule is CCCCN(c1ccccc1)C(C)Oc1cc(Cl)c(Cl)cc1Cl. The Kier molecular flexibility index (Phi) is 6.88. The Morgan fingerprint density at radius 3 is 2.30 bits per heavy atom. The first-order valence-corrected chi connectivity index (χ1v) is 8.79. The second-order valence-corrected chi connectivity index (χ2v) is 6.52. The number of rotatable bonds is 7. The molecule has 124 valence electrons. The van der Waals surface area contributed by atoms with Crippen LogP contribution in [0.1, 0.15) is 26.7 Å². The first-order chi connectivity index (χ1) is 11.0. The van der Waals surface area contributed by atoms with Crippen LogP contribution in [0.4, 0.5) is 5.69 Å². The van der Waals surface area contributed by atoms with E-state index < -0.39 is 0 Å². The van der Waals surface area contributed by atoms with Gasteiger partial charge in [-0.25, -0.2) is 0 Å². The maximum absolute atomic E-state index is 6.21. The Bertz CT molecular complexity index is 634. The number of ether oxygens (including phenoxy) is 1. The third-order valence-corrected chi connectivity index (χ3v) is 4.57. The lowest BCUT2D eigenvalue weighted by Crippen LogP contribution is -2.38. The smallest absolute Gasteiger partial charge is 0.169 e. The van der Waals surface area contributed by atoms with E-state index >= 15 is 0 Å². The summed E-state index contributed by atoms with van der Waals surface area (Å²) in [7, 11) is 0. The largest absolute Gasteiger partial charge is 0.469 e. The molecule has 0 heterocycles. The van der Waals surface area contributed by atoms with Gasteiger partial charge in [-0.2, -0.15) is 0 Å². The molecule has 0 aliphatic rings. The summed E-state index contributed by atoms with van der Waals surface area (Å²) in [5.41, 5.74) is 1.12. The van der Waals surface area contributed by atoms with Crippen LogP contribution in [0.5, 0.6) is 5.75 Å². The summed E-state index contributed by atoms with van der Waals surface area (Å²) in [6.45, 7) is 5.08. The molecule has 2 aromatic carbocycles. The Labute approximate surface area is 152 Å². The van der Waals surface area contributed by atoms with Crippen LogP contribution in [0.3, 0.4) is 0 Å². The van der Waals surface area contributed by atoms with Crippen LogP contribution in [0.25, 0.3) is 0 Å². The quantitative estimate of drug-likeness (QED) is 0.397. The van der Waals surface area contributed by atoms with Crippen molar-refractivity contribution in [1.29, 1.82) is 0 Å². The molecule has 2 aromatic rings. The first kappa shape index (κ1) is 18.3. The maximum Gasteiger partial charge on any atom is 0.169 e. The fourth-order valence-electron chi connectivity index (χ4n) is 2.31. The predicted molar refractivity (Wildman–Crippen MR) is 100 cm³/mol. The predicted octanol–water partition coefficient (Wildman–Crippen LogP) is 6.68. The zero-order chi connectivity index (χ0) is 16.8. The van der Waals surface area contributed by atoms with Crippen LogP contribution in [0, 0.1) is 0 Å². The van der Waals surface area contributed by atoms with Crippen LogP contribution in [-0.2, 0) is 0 Å². The normalized spacial score (nSPS) is 12.0. The van der Waals surface area contributed by atoms with Gasteiger partial charge in [-0.1, -0.05) is 66.3 Å². The van der Waals surface area contributed by atoms with Gasteiger partial charge in [-0.3, -0.25) is 0 Å². The molecule has 0 fully saturated rings. The molecule has 23 heavy (non-hydrogen) atoms. The number of benzene rings is 2. The molecule has 0 amide bonds. The summed E-state index contributed by atoms with van der Waals surface area (Å²) < 4.78 is 6.05. The third kappa shape index (κ3) is 4.94. The summed E-state index contributed by atoms with van der Waals surface area (Å²) >= 11 is 18.2. The summed E-state index contributed by atoms with van der Waals surface area (Å²) in [5, 5.41) is 1.30. The summed E-state index contributed by atoms with van der Waals surface area (Å²) in [5.74, 6) is 0.533. The molecule has 0 aliphatic carbocycles. The average Bonchev–Trinajstić information content (AvgIpc) is 2.54. The van der Waals surface area contributed by atoms with Crippen molar-refractivity contribution in [3.63, 3.8) is 0 Å². The summed E-state index contributed by atoms with van der Waals surface area (Å²) in [4.78, 5) is 2.21. The topological polar surface area (TPSA) is 12.5 Å². The highest BCUT2D eigenvalue weighted by Crippen LogP contribution is 2.35. The van der Waals surface area contributed by atoms with Gasteiger partial charge < -0.3 is 9.64 Å². The molecule has 0 aliphatic heterocycles. The van der Waals surface area contributed by atoms with Gasteiger partial charge in [0, 0.05) is 18.3 Å². The molecular weight excluding hydrogens is 353 g/mol. The van der Waals surface area contributed by atoms with Crippen LogP contribution in [0.2, 0.25) is 15.1 Å². The Hall–Kier alpha value is -1.09. The van der Waals surface area contributed by atoms with Crippen molar-refractivity contribution in [2.24, 2.45) is 0 Å². The first-order valence-electron chi connectivity index (χ1n) is 7.65. The van der Waals surface area contributed by atoms with E-state index in [1.807, 2.05) is 25.1 Å². The molecule has 2 nitrogen and oxygen atoms in total. The number of para-hydroxylation sites is 1. The molecule has 0 radical (unpaired) electrons. The molecule has 1 atom stereocenters. The fourth-order valence-corrected chi connectivity index (χ4v) is 2.89. The highest BCUT2D eigenvalue weighted by atomic mass is 35.5. The average molecular weight is 373 g/mol. The molecule has 0 aromatic heterocycles. The van der Waals surface area contributed by atoms with Crippen molar-refractivity contribution < 1.29 is 4.74 Å². The van der Waals surface area contributed by atoms with Crippen LogP contribution in [-0.4, -0.2) is 12.8 Å². The Balaban J connectivity index is 2.21. The second-order valence-electron chi connectivity index (χ2n) is 5.30. The molecule has 5 heteroatoms. The van der Waals surface area contributed by atoms with Crippen molar-refractivity contribution in [3.8, 4) is 5.75 Å². The van der Waals surface area contributed by atoms with E-state index in [2.05, 4.69) is 24.0 Å². The minimum absolute atomic E-state index is 0.182. The van der Waals surface area contributed by atoms with Gasteiger partial charge in [0.15, 0.2) is 6.23 Å². The molecule has 0 saturated heterocycles. The number of unbranched alkanes of at least 4 members (excludes halogenated alkanes) is 1. The van der Waals surface area contributed by atoms with E-state index in [0.717, 1.165) is 25.1 Å². The maximum atomic E-state index is 6.21. The monoisotopic (exact) mass is 371 g/mol. The van der Waals surface area contributed by atoms with E-state index in [4.69, 9.17) is 39.5 Å². The lowest BCUT2D eigenvalue weighted by molar-refractivity contribution is 0.214. The highest BCUT2D eigenvalue weighted by Gasteiger charge is 2.17. The molecule has 2 rings (SSSR count). The van der Waals surface area contributed by atoms with Gasteiger partial charge in [-0.05, 0) is 31.5 Å². The van der Waals surface area contributed by atoms with E-state index in [-0.39, 0.29) is 6.23 Å². The molecular formula is C18H20Cl3NO. The van der Waals surface area contributed by atoms with Crippen molar-refractivity contribution in [2.45, 2.75) is 32.9 Å². The van der Waals surface area contributed by atoms with Gasteiger partial charge in [-0.15, -0.1) is 0 Å². The van der Waals surface area contributed by atoms with Crippen LogP contribution < -0.4 is 9.64 Å². The summed E-state index contributed by atoms with van der Waals surface area (Å²) in [6, 6.07) is 13.5. The molecule has 0 saturated carbocycles. The standard InChI is InChI=1S/C18H20Cl3NO/c1-3-4-10-22(14-8-6-5-7-9-14)13(2)23-18-12-16(20)15(19)11-17(18)21/h5-9,11-13H,3-4,10H2,1-2H3. The van der Waals surface area contributed by atoms with E-state index in [1.54, 1.807) is 12.1 Å². The van der Waals surface area contributed by atoms with Gasteiger partial charge in [0.05, 0.1) is 15.1 Å². The number of anilines is 1. The van der Waals surface area contributed by atoms with Crippen molar-refractivity contribution >= 4 is 40.5 Å². The molecule has 1 unspecified atom stereocenters. The van der Waals surface area contributed by atoms with E-state index in [1.165, 1.54) is 0 Å². The number of hydrogen-bond acceptors (Lipinski definition) is 2. The van der Waals surface area contributed by atoms with Gasteiger partial charge in [0.2, 0.25) is 0 Å². The Morgan fingerprint density at radius 1 is 1.00 bits per heavy atom. The van der Waals surface area contributed by atoms with E-state index in [0.29, 0.717) is 20.8 Å². The minimum Gasteiger partial charge on any atom is -0.469 e. The third-order valence-electron chi connectivity index (χ3n) is 3.55. The highest BCUT2D eigenvalue weighted by molar-refractivity contribution is 6.43. The van der Waals surface area contributed by atoms with Crippen molar-refractivity contribution in [2.75, 3.05) is 11.4 Å². The van der Waals surface area contributed by atoms with Gasteiger partial charge >= 0.3 is 0 Å². The van der Waals surface area contributed by atoms with E-state index in [9.17, 15) is 0 Å². The zero-order valence-electron chi connectivity index (χ0n) is 13.2. The second kappa shape index (κ2) is 8.68. The molecule has 0 bridgehead atoms. The number of hydrogen-bond donors (Lipinski definition) is 0. The fraction of sp³-hybridized carbons (Fsp3) is 0.333. The lowest BCUT2D eigenvalue weighted by Gasteiger charge is -2.31. The van der Waals surface area contributed by atoms with Crippen molar-refractivity contribution in [3.05, 3.63) is 57.5 Å². The lowest BCUT2D eigenvalue weighted by atomic mass is 10.2. The van der Waals surface area contributed by atoms with Crippen LogP contribution in [0.15, 0.2) is 42.5 Å². The van der Waals surface area contributed by atoms with Gasteiger partial charge in [0.25, 0.3) is 0 Å². The van der Waals surface area contributed by atoms with Crippen LogP contribution >= 0.6 is 34.8 Å². The minimum atomic E-state index is -0.182. The zero-order valence-corrected chi connectivity index (χ0v) is 15.5. The van der Waals surface area contributed by atoms with Gasteiger partial charge in [0.1, 0.15) is 5.75 Å². The molecule has 0 N–H and O–H groups in total.